The highest BCUT2D eigenvalue weighted by molar-refractivity contribution is 5.92. The van der Waals surface area contributed by atoms with Crippen molar-refractivity contribution >= 4 is 12.0 Å². The van der Waals surface area contributed by atoms with Crippen LogP contribution in [0.4, 0.5) is 0 Å². The number of furan rings is 1. The third-order valence-corrected chi connectivity index (χ3v) is 3.55. The van der Waals surface area contributed by atoms with Gasteiger partial charge in [-0.2, -0.15) is 0 Å². The summed E-state index contributed by atoms with van der Waals surface area (Å²) in [5, 5.41) is 0. The molecule has 1 aliphatic heterocycles. The second-order valence-electron chi connectivity index (χ2n) is 4.87. The average molecular weight is 231 g/mol. The Morgan fingerprint density at radius 2 is 2.06 bits per heavy atom. The Morgan fingerprint density at radius 1 is 1.18 bits per heavy atom. The van der Waals surface area contributed by atoms with E-state index in [2.05, 4.69) is 0 Å². The van der Waals surface area contributed by atoms with Gasteiger partial charge in [0.1, 0.15) is 12.4 Å². The van der Waals surface area contributed by atoms with Crippen LogP contribution in [0.25, 0.3) is 6.08 Å². The highest BCUT2D eigenvalue weighted by Crippen LogP contribution is 2.35. The Hall–Kier alpha value is -1.51. The summed E-state index contributed by atoms with van der Waals surface area (Å²) in [6, 6.07) is 3.79. The zero-order valence-corrected chi connectivity index (χ0v) is 9.89. The molecule has 1 spiro atoms. The average Bonchev–Trinajstić information content (AvgIpc) is 2.98. The maximum atomic E-state index is 5.67. The summed E-state index contributed by atoms with van der Waals surface area (Å²) in [6.07, 6.45) is 11.7. The molecule has 3 nitrogen and oxygen atoms in total. The summed E-state index contributed by atoms with van der Waals surface area (Å²) in [5.74, 6) is 1.59. The first-order valence-electron chi connectivity index (χ1n) is 6.31. The first kappa shape index (κ1) is 10.6. The molecule has 1 aromatic heterocycles. The van der Waals surface area contributed by atoms with Gasteiger partial charge in [-0.3, -0.25) is 0 Å². The molecule has 3 heteroatoms. The Labute approximate surface area is 101 Å². The van der Waals surface area contributed by atoms with E-state index in [1.165, 1.54) is 32.1 Å². The second-order valence-corrected chi connectivity index (χ2v) is 4.87. The lowest BCUT2D eigenvalue weighted by molar-refractivity contribution is 0.208. The number of rotatable bonds is 2. The van der Waals surface area contributed by atoms with Crippen LogP contribution in [-0.2, 0) is 4.74 Å². The fourth-order valence-electron chi connectivity index (χ4n) is 2.60. The second kappa shape index (κ2) is 4.40. The largest absolute Gasteiger partial charge is 0.475 e. The van der Waals surface area contributed by atoms with Crippen molar-refractivity contribution in [3.05, 3.63) is 30.2 Å². The SMILES string of the molecule is C(=C\c1ccco1)/C1=NC2(CCCCC2)CO1. The van der Waals surface area contributed by atoms with Crippen LogP contribution in [-0.4, -0.2) is 18.0 Å². The van der Waals surface area contributed by atoms with Crippen LogP contribution < -0.4 is 0 Å². The van der Waals surface area contributed by atoms with Crippen molar-refractivity contribution in [2.75, 3.05) is 6.61 Å². The van der Waals surface area contributed by atoms with Gasteiger partial charge < -0.3 is 9.15 Å². The fraction of sp³-hybridized carbons (Fsp3) is 0.500. The first-order chi connectivity index (χ1) is 8.36. The van der Waals surface area contributed by atoms with E-state index in [9.17, 15) is 0 Å². The molecule has 2 heterocycles. The van der Waals surface area contributed by atoms with E-state index in [0.29, 0.717) is 0 Å². The minimum absolute atomic E-state index is 0.0844. The zero-order valence-electron chi connectivity index (χ0n) is 9.89. The third-order valence-electron chi connectivity index (χ3n) is 3.55. The molecule has 0 amide bonds. The van der Waals surface area contributed by atoms with Crippen LogP contribution in [0.2, 0.25) is 0 Å². The highest BCUT2D eigenvalue weighted by atomic mass is 16.5. The van der Waals surface area contributed by atoms with E-state index in [1.54, 1.807) is 6.26 Å². The molecule has 1 aliphatic carbocycles. The summed E-state index contributed by atoms with van der Waals surface area (Å²) in [6.45, 7) is 0.755. The van der Waals surface area contributed by atoms with Crippen molar-refractivity contribution in [2.24, 2.45) is 4.99 Å². The molecule has 90 valence electrons. The molecule has 3 rings (SSSR count). The Balaban J connectivity index is 1.70. The lowest BCUT2D eigenvalue weighted by atomic mass is 9.83. The molecule has 0 bridgehead atoms. The predicted molar refractivity (Wildman–Crippen MR) is 66.9 cm³/mol. The van der Waals surface area contributed by atoms with Crippen molar-refractivity contribution < 1.29 is 9.15 Å². The summed E-state index contributed by atoms with van der Waals surface area (Å²) >= 11 is 0. The normalized spacial score (nSPS) is 22.9. The van der Waals surface area contributed by atoms with Crippen molar-refractivity contribution in [2.45, 2.75) is 37.6 Å². The molecule has 17 heavy (non-hydrogen) atoms. The van der Waals surface area contributed by atoms with Crippen LogP contribution in [0, 0.1) is 0 Å². The molecule has 0 radical (unpaired) electrons. The van der Waals surface area contributed by atoms with Crippen LogP contribution in [0.15, 0.2) is 33.9 Å². The number of hydrogen-bond acceptors (Lipinski definition) is 3. The summed E-state index contributed by atoms with van der Waals surface area (Å²) in [5.41, 5.74) is 0.0844. The van der Waals surface area contributed by atoms with E-state index in [4.69, 9.17) is 14.1 Å². The molecule has 0 unspecified atom stereocenters. The van der Waals surface area contributed by atoms with E-state index in [-0.39, 0.29) is 5.54 Å². The third kappa shape index (κ3) is 2.28. The molecule has 2 aliphatic rings. The topological polar surface area (TPSA) is 34.7 Å². The monoisotopic (exact) mass is 231 g/mol. The standard InChI is InChI=1S/C14H17NO2/c1-2-8-14(9-3-1)11-17-13(15-14)7-6-12-5-4-10-16-12/h4-7,10H,1-3,8-9,11H2/b7-6+. The summed E-state index contributed by atoms with van der Waals surface area (Å²) in [4.78, 5) is 4.74. The zero-order chi connectivity index (χ0) is 11.6. The Kier molecular flexibility index (Phi) is 2.75. The Morgan fingerprint density at radius 3 is 2.82 bits per heavy atom. The molecule has 1 saturated carbocycles. The van der Waals surface area contributed by atoms with Gasteiger partial charge in [0, 0.05) is 6.08 Å². The summed E-state index contributed by atoms with van der Waals surface area (Å²) < 4.78 is 10.9. The molecule has 1 fully saturated rings. The first-order valence-corrected chi connectivity index (χ1v) is 6.31. The molecule has 0 N–H and O–H groups in total. The minimum Gasteiger partial charge on any atom is -0.475 e. The van der Waals surface area contributed by atoms with Gasteiger partial charge in [-0.1, -0.05) is 19.3 Å². The maximum absolute atomic E-state index is 5.67. The van der Waals surface area contributed by atoms with Crippen molar-refractivity contribution in [3.63, 3.8) is 0 Å². The number of ether oxygens (including phenoxy) is 1. The lowest BCUT2D eigenvalue weighted by Crippen LogP contribution is -2.30. The minimum atomic E-state index is 0.0844. The van der Waals surface area contributed by atoms with Gasteiger partial charge in [0.15, 0.2) is 0 Å². The molecular weight excluding hydrogens is 214 g/mol. The van der Waals surface area contributed by atoms with Gasteiger partial charge in [0.2, 0.25) is 5.90 Å². The smallest absolute Gasteiger partial charge is 0.209 e. The van der Waals surface area contributed by atoms with Gasteiger partial charge >= 0.3 is 0 Å². The molecular formula is C14H17NO2. The molecule has 0 saturated heterocycles. The van der Waals surface area contributed by atoms with E-state index in [0.717, 1.165) is 18.3 Å². The van der Waals surface area contributed by atoms with Gasteiger partial charge in [-0.25, -0.2) is 4.99 Å². The highest BCUT2D eigenvalue weighted by Gasteiger charge is 2.36. The van der Waals surface area contributed by atoms with E-state index >= 15 is 0 Å². The molecule has 1 aromatic rings. The van der Waals surface area contributed by atoms with Gasteiger partial charge in [-0.15, -0.1) is 0 Å². The van der Waals surface area contributed by atoms with Gasteiger partial charge in [-0.05, 0) is 31.1 Å². The quantitative estimate of drug-likeness (QED) is 0.781. The predicted octanol–water partition coefficient (Wildman–Crippen LogP) is 3.42. The van der Waals surface area contributed by atoms with Crippen LogP contribution in [0.1, 0.15) is 37.9 Å². The summed E-state index contributed by atoms with van der Waals surface area (Å²) in [7, 11) is 0. The van der Waals surface area contributed by atoms with Crippen LogP contribution in [0.3, 0.4) is 0 Å². The molecule has 0 aromatic carbocycles. The van der Waals surface area contributed by atoms with E-state index < -0.39 is 0 Å². The Bertz CT molecular complexity index is 425. The number of aliphatic imine (C=N–C) groups is 1. The van der Waals surface area contributed by atoms with Gasteiger partial charge in [0.05, 0.1) is 11.8 Å². The van der Waals surface area contributed by atoms with Gasteiger partial charge in [0.25, 0.3) is 0 Å². The number of hydrogen-bond donors (Lipinski definition) is 0. The lowest BCUT2D eigenvalue weighted by Gasteiger charge is -2.27. The maximum Gasteiger partial charge on any atom is 0.209 e. The van der Waals surface area contributed by atoms with Crippen LogP contribution in [0.5, 0.6) is 0 Å². The van der Waals surface area contributed by atoms with Crippen LogP contribution >= 0.6 is 0 Å². The van der Waals surface area contributed by atoms with Crippen molar-refractivity contribution in [1.82, 2.24) is 0 Å². The van der Waals surface area contributed by atoms with Crippen molar-refractivity contribution in [1.29, 1.82) is 0 Å². The van der Waals surface area contributed by atoms with Crippen molar-refractivity contribution in [3.8, 4) is 0 Å². The molecule has 0 atom stereocenters. The fourth-order valence-corrected chi connectivity index (χ4v) is 2.60. The van der Waals surface area contributed by atoms with E-state index in [1.807, 2.05) is 24.3 Å². The number of nitrogens with zero attached hydrogens (tertiary/aromatic N) is 1.